The Morgan fingerprint density at radius 2 is 2.00 bits per heavy atom. The average Bonchev–Trinajstić information content (AvgIpc) is 2.59. The summed E-state index contributed by atoms with van der Waals surface area (Å²) in [6.45, 7) is 5.43. The Morgan fingerprint density at radius 1 is 1.30 bits per heavy atom. The predicted octanol–water partition coefficient (Wildman–Crippen LogP) is 3.70. The molecule has 27 heavy (non-hydrogen) atoms. The summed E-state index contributed by atoms with van der Waals surface area (Å²) in [5.74, 6) is 0.0800. The van der Waals surface area contributed by atoms with Gasteiger partial charge in [-0.3, -0.25) is 9.10 Å². The molecule has 0 aromatic heterocycles. The lowest BCUT2D eigenvalue weighted by Crippen LogP contribution is -2.45. The van der Waals surface area contributed by atoms with Crippen molar-refractivity contribution in [3.63, 3.8) is 0 Å². The number of ether oxygens (including phenoxy) is 1. The van der Waals surface area contributed by atoms with Gasteiger partial charge in [-0.1, -0.05) is 36.4 Å². The van der Waals surface area contributed by atoms with E-state index in [4.69, 9.17) is 16.3 Å². The number of halogens is 1. The van der Waals surface area contributed by atoms with E-state index in [2.05, 4.69) is 11.9 Å². The molecule has 0 heterocycles. The van der Waals surface area contributed by atoms with E-state index in [-0.39, 0.29) is 0 Å². The van der Waals surface area contributed by atoms with Crippen LogP contribution in [0.15, 0.2) is 61.2 Å². The van der Waals surface area contributed by atoms with Crippen LogP contribution >= 0.6 is 11.6 Å². The van der Waals surface area contributed by atoms with E-state index in [1.807, 2.05) is 0 Å². The molecule has 2 aromatic carbocycles. The van der Waals surface area contributed by atoms with Crippen LogP contribution in [0.2, 0.25) is 5.02 Å². The van der Waals surface area contributed by atoms with Gasteiger partial charge in [0.15, 0.2) is 0 Å². The molecule has 0 unspecified atom stereocenters. The van der Waals surface area contributed by atoms with Crippen LogP contribution in [0.5, 0.6) is 5.75 Å². The molecular weight excluding hydrogens is 388 g/mol. The lowest BCUT2D eigenvalue weighted by molar-refractivity contribution is -0.116. The molecule has 144 valence electrons. The summed E-state index contributed by atoms with van der Waals surface area (Å²) >= 11 is 5.97. The third-order valence-corrected chi connectivity index (χ3v) is 5.10. The highest BCUT2D eigenvalue weighted by Crippen LogP contribution is 2.25. The Balaban J connectivity index is 2.24. The topological polar surface area (TPSA) is 75.7 Å². The summed E-state index contributed by atoms with van der Waals surface area (Å²) in [7, 11) is -3.71. The van der Waals surface area contributed by atoms with Crippen LogP contribution in [0.4, 0.5) is 11.4 Å². The van der Waals surface area contributed by atoms with Gasteiger partial charge in [-0.15, -0.1) is 0 Å². The van der Waals surface area contributed by atoms with E-state index in [1.165, 1.54) is 13.0 Å². The van der Waals surface area contributed by atoms with Crippen molar-refractivity contribution >= 4 is 38.9 Å². The zero-order valence-electron chi connectivity index (χ0n) is 15.1. The molecule has 6 nitrogen and oxygen atoms in total. The molecule has 0 aliphatic heterocycles. The predicted molar refractivity (Wildman–Crippen MR) is 109 cm³/mol. The van der Waals surface area contributed by atoms with Crippen molar-refractivity contribution in [1.29, 1.82) is 0 Å². The second kappa shape index (κ2) is 8.92. The van der Waals surface area contributed by atoms with Crippen molar-refractivity contribution in [3.05, 3.63) is 66.2 Å². The van der Waals surface area contributed by atoms with Gasteiger partial charge in [-0.2, -0.15) is 0 Å². The summed E-state index contributed by atoms with van der Waals surface area (Å²) in [4.78, 5) is 12.7. The molecule has 0 radical (unpaired) electrons. The quantitative estimate of drug-likeness (QED) is 0.676. The van der Waals surface area contributed by atoms with Gasteiger partial charge in [0.05, 0.1) is 11.9 Å². The van der Waals surface area contributed by atoms with Gasteiger partial charge >= 0.3 is 0 Å². The highest BCUT2D eigenvalue weighted by atomic mass is 35.5. The number of rotatable bonds is 8. The summed E-state index contributed by atoms with van der Waals surface area (Å²) in [5.41, 5.74) is 0.809. The number of amides is 1. The molecule has 0 saturated heterocycles. The van der Waals surface area contributed by atoms with Crippen molar-refractivity contribution in [1.82, 2.24) is 0 Å². The molecule has 1 amide bonds. The van der Waals surface area contributed by atoms with Crippen LogP contribution in [-0.2, 0) is 14.8 Å². The lowest BCUT2D eigenvalue weighted by Gasteiger charge is -2.28. The Morgan fingerprint density at radius 3 is 2.63 bits per heavy atom. The second-order valence-electron chi connectivity index (χ2n) is 5.83. The minimum absolute atomic E-state index is 0.315. The number of anilines is 2. The van der Waals surface area contributed by atoms with Crippen molar-refractivity contribution in [2.45, 2.75) is 13.0 Å². The van der Waals surface area contributed by atoms with Crippen LogP contribution in [0.25, 0.3) is 0 Å². The smallest absolute Gasteiger partial charge is 0.247 e. The highest BCUT2D eigenvalue weighted by Gasteiger charge is 2.29. The number of hydrogen-bond acceptors (Lipinski definition) is 4. The van der Waals surface area contributed by atoms with E-state index in [9.17, 15) is 13.2 Å². The Bertz CT molecular complexity index is 931. The molecule has 1 N–H and O–H groups in total. The van der Waals surface area contributed by atoms with E-state index in [0.717, 1.165) is 10.6 Å². The lowest BCUT2D eigenvalue weighted by atomic mass is 10.2. The van der Waals surface area contributed by atoms with Crippen LogP contribution in [-0.4, -0.2) is 33.2 Å². The van der Waals surface area contributed by atoms with Crippen LogP contribution in [0, 0.1) is 0 Å². The molecule has 1 atom stereocenters. The highest BCUT2D eigenvalue weighted by molar-refractivity contribution is 7.92. The molecule has 8 heteroatoms. The first-order valence-corrected chi connectivity index (χ1v) is 10.3. The van der Waals surface area contributed by atoms with Crippen molar-refractivity contribution < 1.29 is 17.9 Å². The standard InChI is InChI=1S/C19H21ClN2O4S/c1-4-11-26-18-10-6-8-16(13-18)21-19(23)14(2)22(27(3,24)25)17-9-5-7-15(20)12-17/h4-10,12-14H,1,11H2,2-3H3,(H,21,23)/t14-/m1/s1. The first-order valence-electron chi connectivity index (χ1n) is 8.12. The first-order chi connectivity index (χ1) is 12.7. The van der Waals surface area contributed by atoms with Crippen LogP contribution in [0.1, 0.15) is 6.92 Å². The normalized spacial score (nSPS) is 12.1. The fourth-order valence-electron chi connectivity index (χ4n) is 2.49. The van der Waals surface area contributed by atoms with E-state index in [0.29, 0.717) is 28.8 Å². The number of nitrogens with one attached hydrogen (secondary N) is 1. The number of carbonyl (C=O) groups excluding carboxylic acids is 1. The maximum atomic E-state index is 12.7. The SMILES string of the molecule is C=CCOc1cccc(NC(=O)[C@@H](C)N(c2cccc(Cl)c2)S(C)(=O)=O)c1. The van der Waals surface area contributed by atoms with Gasteiger partial charge in [0.25, 0.3) is 0 Å². The van der Waals surface area contributed by atoms with Crippen molar-refractivity contribution in [2.24, 2.45) is 0 Å². The molecule has 2 aromatic rings. The van der Waals surface area contributed by atoms with Gasteiger partial charge in [0.1, 0.15) is 18.4 Å². The van der Waals surface area contributed by atoms with Crippen LogP contribution < -0.4 is 14.4 Å². The minimum Gasteiger partial charge on any atom is -0.489 e. The zero-order valence-corrected chi connectivity index (χ0v) is 16.6. The van der Waals surface area contributed by atoms with Crippen LogP contribution in [0.3, 0.4) is 0 Å². The Kier molecular flexibility index (Phi) is 6.87. The molecule has 2 rings (SSSR count). The first kappa shape index (κ1) is 20.8. The van der Waals surface area contributed by atoms with Gasteiger partial charge in [-0.25, -0.2) is 8.42 Å². The Labute approximate surface area is 164 Å². The summed E-state index contributed by atoms with van der Waals surface area (Å²) < 4.78 is 31.0. The van der Waals surface area contributed by atoms with Gasteiger partial charge in [-0.05, 0) is 37.3 Å². The maximum Gasteiger partial charge on any atom is 0.247 e. The Hall–Kier alpha value is -2.51. The summed E-state index contributed by atoms with van der Waals surface area (Å²) in [5, 5.41) is 3.09. The van der Waals surface area contributed by atoms with E-state index < -0.39 is 22.0 Å². The largest absolute Gasteiger partial charge is 0.489 e. The van der Waals surface area contributed by atoms with Crippen molar-refractivity contribution in [3.8, 4) is 5.75 Å². The van der Waals surface area contributed by atoms with Crippen molar-refractivity contribution in [2.75, 3.05) is 22.5 Å². The maximum absolute atomic E-state index is 12.7. The molecule has 0 aliphatic rings. The third kappa shape index (κ3) is 5.74. The molecule has 0 spiro atoms. The summed E-state index contributed by atoms with van der Waals surface area (Å²) in [6, 6.07) is 12.2. The molecule has 0 fully saturated rings. The number of hydrogen-bond donors (Lipinski definition) is 1. The number of carbonyl (C=O) groups is 1. The fraction of sp³-hybridized carbons (Fsp3) is 0.211. The average molecular weight is 409 g/mol. The zero-order chi connectivity index (χ0) is 20.0. The monoisotopic (exact) mass is 408 g/mol. The third-order valence-electron chi connectivity index (χ3n) is 3.62. The minimum atomic E-state index is -3.71. The molecule has 0 bridgehead atoms. The fourth-order valence-corrected chi connectivity index (χ4v) is 3.84. The van der Waals surface area contributed by atoms with E-state index >= 15 is 0 Å². The van der Waals surface area contributed by atoms with Gasteiger partial charge in [0.2, 0.25) is 15.9 Å². The second-order valence-corrected chi connectivity index (χ2v) is 8.13. The molecule has 0 aliphatic carbocycles. The molecular formula is C19H21ClN2O4S. The van der Waals surface area contributed by atoms with Gasteiger partial charge < -0.3 is 10.1 Å². The number of benzene rings is 2. The van der Waals surface area contributed by atoms with Gasteiger partial charge in [0, 0.05) is 16.8 Å². The number of nitrogens with zero attached hydrogens (tertiary/aromatic N) is 1. The molecule has 0 saturated carbocycles. The van der Waals surface area contributed by atoms with E-state index in [1.54, 1.807) is 48.5 Å². The summed E-state index contributed by atoms with van der Waals surface area (Å²) in [6.07, 6.45) is 2.66. The number of sulfonamides is 1.